The number of rotatable bonds is 9. The number of allylic oxidation sites excluding steroid dienone is 1. The molecule has 0 aliphatic rings. The van der Waals surface area contributed by atoms with Crippen molar-refractivity contribution in [2.45, 2.75) is 45.3 Å². The van der Waals surface area contributed by atoms with Crippen molar-refractivity contribution in [3.05, 3.63) is 58.3 Å². The van der Waals surface area contributed by atoms with Gasteiger partial charge in [0.25, 0.3) is 0 Å². The minimum absolute atomic E-state index is 0.0563. The molecule has 2 heterocycles. The summed E-state index contributed by atoms with van der Waals surface area (Å²) in [5.41, 5.74) is 4.16. The van der Waals surface area contributed by atoms with Gasteiger partial charge >= 0.3 is 0 Å². The maximum atomic E-state index is 12.5. The molecule has 3 rings (SSSR count). The zero-order valence-corrected chi connectivity index (χ0v) is 18.7. The average molecular weight is 427 g/mol. The van der Waals surface area contributed by atoms with Crippen molar-refractivity contribution in [1.29, 1.82) is 0 Å². The molecule has 5 nitrogen and oxygen atoms in total. The molecule has 1 N–H and O–H groups in total. The molecule has 0 unspecified atom stereocenters. The van der Waals surface area contributed by atoms with Gasteiger partial charge in [-0.2, -0.15) is 0 Å². The molecule has 0 saturated carbocycles. The van der Waals surface area contributed by atoms with E-state index in [1.807, 2.05) is 42.7 Å². The van der Waals surface area contributed by atoms with Gasteiger partial charge in [0.05, 0.1) is 5.75 Å². The number of amides is 1. The molecule has 0 saturated heterocycles. The van der Waals surface area contributed by atoms with E-state index in [-0.39, 0.29) is 11.7 Å². The Bertz CT molecular complexity index is 1010. The molecular weight excluding hydrogens is 400 g/mol. The van der Waals surface area contributed by atoms with Crippen molar-refractivity contribution in [3.63, 3.8) is 0 Å². The number of carbonyl (C=O) groups excluding carboxylic acids is 1. The van der Waals surface area contributed by atoms with Crippen LogP contribution in [-0.4, -0.2) is 26.4 Å². The molecule has 0 bridgehead atoms. The first-order valence-corrected chi connectivity index (χ1v) is 11.5. The van der Waals surface area contributed by atoms with Crippen LogP contribution in [0, 0.1) is 13.8 Å². The van der Waals surface area contributed by atoms with Crippen molar-refractivity contribution in [2.24, 2.45) is 0 Å². The number of benzene rings is 1. The molecule has 2 aromatic heterocycles. The quantitative estimate of drug-likeness (QED) is 0.363. The third kappa shape index (κ3) is 5.16. The van der Waals surface area contributed by atoms with Crippen LogP contribution in [0.4, 0.5) is 5.69 Å². The summed E-state index contributed by atoms with van der Waals surface area (Å²) in [5, 5.41) is 14.6. The van der Waals surface area contributed by atoms with E-state index in [4.69, 9.17) is 0 Å². The molecular formula is C22H26N4OS2. The molecule has 0 fully saturated rings. The fourth-order valence-electron chi connectivity index (χ4n) is 2.98. The second-order valence-electron chi connectivity index (χ2n) is 6.84. The maximum absolute atomic E-state index is 12.5. The molecule has 0 atom stereocenters. The fraction of sp³-hybridized carbons (Fsp3) is 0.318. The van der Waals surface area contributed by atoms with Gasteiger partial charge in [-0.25, -0.2) is 0 Å². The van der Waals surface area contributed by atoms with Crippen LogP contribution >= 0.6 is 23.1 Å². The molecule has 0 spiro atoms. The van der Waals surface area contributed by atoms with Gasteiger partial charge in [0.1, 0.15) is 0 Å². The summed E-state index contributed by atoms with van der Waals surface area (Å²) in [6.07, 6.45) is 4.02. The minimum atomic E-state index is -0.0563. The highest BCUT2D eigenvalue weighted by molar-refractivity contribution is 7.99. The van der Waals surface area contributed by atoms with E-state index < -0.39 is 0 Å². The van der Waals surface area contributed by atoms with Crippen LogP contribution in [0.25, 0.3) is 11.4 Å². The fourth-order valence-corrected chi connectivity index (χ4v) is 4.70. The molecule has 1 aromatic carbocycles. The first-order valence-electron chi connectivity index (χ1n) is 9.64. The number of nitrogens with zero attached hydrogens (tertiary/aromatic N) is 3. The van der Waals surface area contributed by atoms with Crippen molar-refractivity contribution < 1.29 is 4.79 Å². The van der Waals surface area contributed by atoms with E-state index in [0.29, 0.717) is 6.54 Å². The smallest absolute Gasteiger partial charge is 0.234 e. The Morgan fingerprint density at radius 3 is 2.93 bits per heavy atom. The van der Waals surface area contributed by atoms with Gasteiger partial charge < -0.3 is 5.32 Å². The Morgan fingerprint density at radius 1 is 1.34 bits per heavy atom. The molecule has 152 valence electrons. The van der Waals surface area contributed by atoms with E-state index in [1.165, 1.54) is 16.6 Å². The lowest BCUT2D eigenvalue weighted by molar-refractivity contribution is -0.113. The van der Waals surface area contributed by atoms with E-state index in [2.05, 4.69) is 40.5 Å². The Morgan fingerprint density at radius 2 is 2.17 bits per heavy atom. The predicted octanol–water partition coefficient (Wildman–Crippen LogP) is 5.49. The van der Waals surface area contributed by atoms with E-state index in [1.54, 1.807) is 11.3 Å². The number of thioether (sulfide) groups is 1. The van der Waals surface area contributed by atoms with E-state index in [9.17, 15) is 4.79 Å². The molecule has 0 aliphatic heterocycles. The average Bonchev–Trinajstić information content (AvgIpc) is 3.31. The summed E-state index contributed by atoms with van der Waals surface area (Å²) >= 11 is 3.14. The normalized spacial score (nSPS) is 10.9. The Labute approximate surface area is 180 Å². The lowest BCUT2D eigenvalue weighted by Crippen LogP contribution is -2.15. The summed E-state index contributed by atoms with van der Waals surface area (Å²) in [6.45, 7) is 10.7. The molecule has 7 heteroatoms. The number of hydrogen-bond acceptors (Lipinski definition) is 5. The van der Waals surface area contributed by atoms with Gasteiger partial charge in [-0.05, 0) is 43.5 Å². The first-order chi connectivity index (χ1) is 14.0. The molecule has 0 aliphatic carbocycles. The van der Waals surface area contributed by atoms with Gasteiger partial charge in [0.2, 0.25) is 5.91 Å². The Hall–Kier alpha value is -2.38. The summed E-state index contributed by atoms with van der Waals surface area (Å²) in [4.78, 5) is 13.8. The van der Waals surface area contributed by atoms with Gasteiger partial charge in [-0.3, -0.25) is 9.36 Å². The number of aromatic nitrogens is 3. The van der Waals surface area contributed by atoms with Gasteiger partial charge in [0.15, 0.2) is 11.0 Å². The van der Waals surface area contributed by atoms with Gasteiger partial charge in [0, 0.05) is 28.1 Å². The van der Waals surface area contributed by atoms with Crippen LogP contribution < -0.4 is 5.32 Å². The maximum Gasteiger partial charge on any atom is 0.234 e. The van der Waals surface area contributed by atoms with Crippen molar-refractivity contribution >= 4 is 34.7 Å². The lowest BCUT2D eigenvalue weighted by atomic mass is 10.1. The summed E-state index contributed by atoms with van der Waals surface area (Å²) in [5.74, 6) is 1.04. The SMILES string of the molecule is C=CCn1c(SCC(=O)Nc2cccc(C)c2C)nnc1-c1csc(CCC)c1. The highest BCUT2D eigenvalue weighted by Crippen LogP contribution is 2.28. The third-order valence-corrected chi connectivity index (χ3v) is 6.61. The van der Waals surface area contributed by atoms with Crippen molar-refractivity contribution in [1.82, 2.24) is 14.8 Å². The minimum Gasteiger partial charge on any atom is -0.325 e. The topological polar surface area (TPSA) is 59.8 Å². The largest absolute Gasteiger partial charge is 0.325 e. The lowest BCUT2D eigenvalue weighted by Gasteiger charge is -2.10. The monoisotopic (exact) mass is 426 g/mol. The number of carbonyl (C=O) groups is 1. The first kappa shape index (κ1) is 21.3. The number of nitrogens with one attached hydrogen (secondary N) is 1. The van der Waals surface area contributed by atoms with Crippen LogP contribution in [0.1, 0.15) is 29.3 Å². The van der Waals surface area contributed by atoms with Crippen LogP contribution in [0.2, 0.25) is 0 Å². The van der Waals surface area contributed by atoms with Gasteiger partial charge in [-0.15, -0.1) is 28.1 Å². The highest BCUT2D eigenvalue weighted by atomic mass is 32.2. The van der Waals surface area contributed by atoms with Crippen LogP contribution in [0.5, 0.6) is 0 Å². The Kier molecular flexibility index (Phi) is 7.28. The van der Waals surface area contributed by atoms with Crippen LogP contribution in [-0.2, 0) is 17.8 Å². The van der Waals surface area contributed by atoms with Gasteiger partial charge in [-0.1, -0.05) is 43.3 Å². The second-order valence-corrected chi connectivity index (χ2v) is 8.78. The summed E-state index contributed by atoms with van der Waals surface area (Å²) in [6, 6.07) is 8.09. The Balaban J connectivity index is 1.71. The predicted molar refractivity (Wildman–Crippen MR) is 123 cm³/mol. The van der Waals surface area contributed by atoms with Crippen molar-refractivity contribution in [2.75, 3.05) is 11.1 Å². The van der Waals surface area contributed by atoms with E-state index in [0.717, 1.165) is 46.2 Å². The summed E-state index contributed by atoms with van der Waals surface area (Å²) < 4.78 is 2.01. The zero-order valence-electron chi connectivity index (χ0n) is 17.1. The molecule has 0 radical (unpaired) electrons. The number of thiophene rings is 1. The number of hydrogen-bond donors (Lipinski definition) is 1. The zero-order chi connectivity index (χ0) is 20.8. The van der Waals surface area contributed by atoms with Crippen LogP contribution in [0.15, 0.2) is 47.5 Å². The van der Waals surface area contributed by atoms with Crippen LogP contribution in [0.3, 0.4) is 0 Å². The molecule has 1 amide bonds. The highest BCUT2D eigenvalue weighted by Gasteiger charge is 2.16. The second kappa shape index (κ2) is 9.89. The third-order valence-electron chi connectivity index (χ3n) is 4.65. The molecule has 3 aromatic rings. The van der Waals surface area contributed by atoms with E-state index >= 15 is 0 Å². The number of anilines is 1. The standard InChI is InChI=1S/C22H26N4OS2/c1-5-8-18-12-17(13-28-18)21-24-25-22(26(21)11-6-2)29-14-20(27)23-19-10-7-9-15(3)16(19)4/h6-7,9-10,12-13H,2,5,8,11,14H2,1,3-4H3,(H,23,27). The van der Waals surface area contributed by atoms with Crippen molar-refractivity contribution in [3.8, 4) is 11.4 Å². The molecule has 29 heavy (non-hydrogen) atoms. The number of aryl methyl sites for hydroxylation is 2. The summed E-state index contributed by atoms with van der Waals surface area (Å²) in [7, 11) is 0.